The lowest BCUT2D eigenvalue weighted by atomic mass is 10.2. The first-order valence-electron chi connectivity index (χ1n) is 9.86. The van der Waals surface area contributed by atoms with Crippen molar-refractivity contribution in [2.24, 2.45) is 0 Å². The third kappa shape index (κ3) is 5.10. The van der Waals surface area contributed by atoms with E-state index in [2.05, 4.69) is 20.5 Å². The number of benzene rings is 2. The van der Waals surface area contributed by atoms with Crippen LogP contribution in [0.25, 0.3) is 17.1 Å². The van der Waals surface area contributed by atoms with E-state index in [1.807, 2.05) is 47.0 Å². The van der Waals surface area contributed by atoms with E-state index < -0.39 is 0 Å². The Morgan fingerprint density at radius 3 is 2.45 bits per heavy atom. The standard InChI is InChI=1S/C23H20ClN5O3S/c1-31-19-13-20(32-2)18(12-17(19)24)26-21(30)14-33-23-28-27-22(15-8-10-25-11-9-15)29(23)16-6-4-3-5-7-16/h3-13H,14H2,1-2H3,(H,26,30). The van der Waals surface area contributed by atoms with Gasteiger partial charge in [-0.15, -0.1) is 10.2 Å². The molecule has 0 saturated carbocycles. The van der Waals surface area contributed by atoms with Gasteiger partial charge in [-0.3, -0.25) is 14.3 Å². The van der Waals surface area contributed by atoms with Gasteiger partial charge in [0.1, 0.15) is 11.5 Å². The van der Waals surface area contributed by atoms with Gasteiger partial charge in [-0.2, -0.15) is 0 Å². The van der Waals surface area contributed by atoms with Crippen LogP contribution in [0.15, 0.2) is 72.1 Å². The number of ether oxygens (including phenoxy) is 2. The van der Waals surface area contributed by atoms with E-state index in [4.69, 9.17) is 21.1 Å². The van der Waals surface area contributed by atoms with E-state index in [0.29, 0.717) is 33.2 Å². The number of hydrogen-bond acceptors (Lipinski definition) is 7. The molecule has 2 aromatic heterocycles. The van der Waals surface area contributed by atoms with Gasteiger partial charge >= 0.3 is 0 Å². The molecule has 0 radical (unpaired) electrons. The van der Waals surface area contributed by atoms with Crippen LogP contribution in [0.5, 0.6) is 11.5 Å². The maximum absolute atomic E-state index is 12.7. The molecule has 8 nitrogen and oxygen atoms in total. The van der Waals surface area contributed by atoms with Crippen LogP contribution in [0.1, 0.15) is 0 Å². The number of pyridine rings is 1. The van der Waals surface area contributed by atoms with Crippen molar-refractivity contribution in [1.82, 2.24) is 19.7 Å². The topological polar surface area (TPSA) is 91.2 Å². The molecule has 4 rings (SSSR count). The molecule has 4 aromatic rings. The molecule has 0 spiro atoms. The predicted molar refractivity (Wildman–Crippen MR) is 128 cm³/mol. The zero-order valence-electron chi connectivity index (χ0n) is 17.9. The zero-order chi connectivity index (χ0) is 23.2. The molecule has 0 bridgehead atoms. The quantitative estimate of drug-likeness (QED) is 0.364. The van der Waals surface area contributed by atoms with Crippen LogP contribution in [0.2, 0.25) is 5.02 Å². The lowest BCUT2D eigenvalue weighted by Gasteiger charge is -2.13. The molecule has 0 fully saturated rings. The van der Waals surface area contributed by atoms with Crippen molar-refractivity contribution in [3.8, 4) is 28.6 Å². The lowest BCUT2D eigenvalue weighted by Crippen LogP contribution is -2.15. The van der Waals surface area contributed by atoms with Crippen molar-refractivity contribution in [3.05, 3.63) is 72.0 Å². The highest BCUT2D eigenvalue weighted by atomic mass is 35.5. The summed E-state index contributed by atoms with van der Waals surface area (Å²) in [7, 11) is 3.02. The first kappa shape index (κ1) is 22.6. The van der Waals surface area contributed by atoms with Gasteiger partial charge in [0, 0.05) is 29.7 Å². The number of nitrogens with one attached hydrogen (secondary N) is 1. The summed E-state index contributed by atoms with van der Waals surface area (Å²) < 4.78 is 12.5. The molecular weight excluding hydrogens is 462 g/mol. The number of methoxy groups -OCH3 is 2. The second-order valence-electron chi connectivity index (χ2n) is 6.74. The van der Waals surface area contributed by atoms with Crippen molar-refractivity contribution in [3.63, 3.8) is 0 Å². The Kier molecular flexibility index (Phi) is 7.11. The Balaban J connectivity index is 1.56. The summed E-state index contributed by atoms with van der Waals surface area (Å²) in [5, 5.41) is 12.5. The average Bonchev–Trinajstić information content (AvgIpc) is 3.28. The number of nitrogens with zero attached hydrogens (tertiary/aromatic N) is 4. The molecule has 0 aliphatic heterocycles. The van der Waals surface area contributed by atoms with Crippen LogP contribution >= 0.6 is 23.4 Å². The summed E-state index contributed by atoms with van der Waals surface area (Å²) in [5.41, 5.74) is 2.21. The van der Waals surface area contributed by atoms with Crippen molar-refractivity contribution in [2.45, 2.75) is 5.16 Å². The molecular formula is C23H20ClN5O3S. The monoisotopic (exact) mass is 481 g/mol. The van der Waals surface area contributed by atoms with Crippen molar-refractivity contribution >= 4 is 35.0 Å². The van der Waals surface area contributed by atoms with Crippen LogP contribution in [0.4, 0.5) is 5.69 Å². The molecule has 168 valence electrons. The van der Waals surface area contributed by atoms with Crippen molar-refractivity contribution in [1.29, 1.82) is 0 Å². The number of aromatic nitrogens is 4. The third-order valence-corrected chi connectivity index (χ3v) is 5.89. The fourth-order valence-corrected chi connectivity index (χ4v) is 4.13. The van der Waals surface area contributed by atoms with Gasteiger partial charge in [-0.25, -0.2) is 0 Å². The Morgan fingerprint density at radius 2 is 1.76 bits per heavy atom. The van der Waals surface area contributed by atoms with Gasteiger partial charge in [0.25, 0.3) is 0 Å². The molecule has 0 aliphatic carbocycles. The molecule has 0 atom stereocenters. The molecule has 10 heteroatoms. The number of carbonyl (C=O) groups excluding carboxylic acids is 1. The van der Waals surface area contributed by atoms with Crippen molar-refractivity contribution in [2.75, 3.05) is 25.3 Å². The van der Waals surface area contributed by atoms with Crippen LogP contribution in [-0.2, 0) is 4.79 Å². The number of amides is 1. The Hall–Kier alpha value is -3.56. The van der Waals surface area contributed by atoms with E-state index in [9.17, 15) is 4.79 Å². The van der Waals surface area contributed by atoms with Gasteiger partial charge in [-0.1, -0.05) is 41.6 Å². The second-order valence-corrected chi connectivity index (χ2v) is 8.09. The van der Waals surface area contributed by atoms with Gasteiger partial charge in [-0.05, 0) is 30.3 Å². The van der Waals surface area contributed by atoms with E-state index in [-0.39, 0.29) is 11.7 Å². The average molecular weight is 482 g/mol. The highest BCUT2D eigenvalue weighted by molar-refractivity contribution is 7.99. The predicted octanol–water partition coefficient (Wildman–Crippen LogP) is 4.73. The number of anilines is 1. The minimum atomic E-state index is -0.243. The number of para-hydroxylation sites is 1. The van der Waals surface area contributed by atoms with E-state index in [1.54, 1.807) is 24.5 Å². The SMILES string of the molecule is COc1cc(OC)c(NC(=O)CSc2nnc(-c3ccncc3)n2-c2ccccc2)cc1Cl. The van der Waals surface area contributed by atoms with Crippen LogP contribution in [-0.4, -0.2) is 45.6 Å². The molecule has 1 amide bonds. The summed E-state index contributed by atoms with van der Waals surface area (Å²) >= 11 is 7.47. The Bertz CT molecular complexity index is 1250. The molecule has 0 unspecified atom stereocenters. The normalized spacial score (nSPS) is 10.6. The number of carbonyl (C=O) groups is 1. The maximum Gasteiger partial charge on any atom is 0.234 e. The maximum atomic E-state index is 12.7. The summed E-state index contributed by atoms with van der Waals surface area (Å²) in [6, 6.07) is 16.7. The summed E-state index contributed by atoms with van der Waals surface area (Å²) in [6.45, 7) is 0. The number of hydrogen-bond donors (Lipinski definition) is 1. The largest absolute Gasteiger partial charge is 0.495 e. The van der Waals surface area contributed by atoms with Gasteiger partial charge < -0.3 is 14.8 Å². The minimum absolute atomic E-state index is 0.105. The fourth-order valence-electron chi connectivity index (χ4n) is 3.14. The fraction of sp³-hybridized carbons (Fsp3) is 0.130. The number of halogens is 1. The van der Waals surface area contributed by atoms with Crippen LogP contribution in [0, 0.1) is 0 Å². The molecule has 1 N–H and O–H groups in total. The lowest BCUT2D eigenvalue weighted by molar-refractivity contribution is -0.113. The summed E-state index contributed by atoms with van der Waals surface area (Å²) in [6.07, 6.45) is 3.40. The first-order chi connectivity index (χ1) is 16.1. The molecule has 0 aliphatic rings. The highest BCUT2D eigenvalue weighted by Crippen LogP contribution is 2.36. The van der Waals surface area contributed by atoms with Gasteiger partial charge in [0.2, 0.25) is 5.91 Å². The molecule has 2 aromatic carbocycles. The third-order valence-electron chi connectivity index (χ3n) is 4.67. The first-order valence-corrected chi connectivity index (χ1v) is 11.2. The van der Waals surface area contributed by atoms with Crippen molar-refractivity contribution < 1.29 is 14.3 Å². The van der Waals surface area contributed by atoms with Crippen LogP contribution < -0.4 is 14.8 Å². The second kappa shape index (κ2) is 10.4. The number of thioether (sulfide) groups is 1. The summed E-state index contributed by atoms with van der Waals surface area (Å²) in [5.74, 6) is 1.43. The number of rotatable bonds is 8. The van der Waals surface area contributed by atoms with Gasteiger partial charge in [0.05, 0.1) is 30.7 Å². The van der Waals surface area contributed by atoms with Gasteiger partial charge in [0.15, 0.2) is 11.0 Å². The molecule has 0 saturated heterocycles. The van der Waals surface area contributed by atoms with E-state index in [1.165, 1.54) is 26.0 Å². The van der Waals surface area contributed by atoms with E-state index in [0.717, 1.165) is 11.3 Å². The Labute approximate surface area is 199 Å². The zero-order valence-corrected chi connectivity index (χ0v) is 19.4. The molecule has 33 heavy (non-hydrogen) atoms. The summed E-state index contributed by atoms with van der Waals surface area (Å²) in [4.78, 5) is 16.8. The van der Waals surface area contributed by atoms with Crippen LogP contribution in [0.3, 0.4) is 0 Å². The molecule has 2 heterocycles. The van der Waals surface area contributed by atoms with E-state index >= 15 is 0 Å². The Morgan fingerprint density at radius 1 is 1.03 bits per heavy atom. The minimum Gasteiger partial charge on any atom is -0.495 e. The highest BCUT2D eigenvalue weighted by Gasteiger charge is 2.18. The smallest absolute Gasteiger partial charge is 0.234 e.